The third-order valence-corrected chi connectivity index (χ3v) is 7.92. The molecule has 184 valence electrons. The van der Waals surface area contributed by atoms with Gasteiger partial charge in [0.15, 0.2) is 0 Å². The lowest BCUT2D eigenvalue weighted by Gasteiger charge is -2.46. The summed E-state index contributed by atoms with van der Waals surface area (Å²) in [6.07, 6.45) is 0.0749. The molecule has 5 nitrogen and oxygen atoms in total. The van der Waals surface area contributed by atoms with Gasteiger partial charge in [-0.15, -0.1) is 0 Å². The summed E-state index contributed by atoms with van der Waals surface area (Å²) >= 11 is 12.6. The topological polar surface area (TPSA) is 78.4 Å². The van der Waals surface area contributed by atoms with E-state index in [1.807, 2.05) is 60.7 Å². The number of fused-ring (bicyclic) bond motifs is 2. The molecule has 7 heteroatoms. The highest BCUT2D eigenvalue weighted by Crippen LogP contribution is 2.58. The summed E-state index contributed by atoms with van der Waals surface area (Å²) in [5, 5.41) is 18.2. The molecule has 0 saturated carbocycles. The van der Waals surface area contributed by atoms with Crippen LogP contribution < -0.4 is 10.6 Å². The van der Waals surface area contributed by atoms with Gasteiger partial charge >= 0.3 is 0 Å². The first kappa shape index (κ1) is 23.6. The maximum atomic E-state index is 14.1. The second-order valence-electron chi connectivity index (χ2n) is 9.46. The third kappa shape index (κ3) is 3.78. The van der Waals surface area contributed by atoms with Crippen molar-refractivity contribution in [1.29, 1.82) is 0 Å². The standard InChI is InChI=1S/C30H22Cl2N2O3/c31-20-8-4-7-19(13-20)24-16-27(36)34-28(30(24)23-11-10-21(32)15-25(23)33-29(30)37)22-14-18(9-12-26(22)35)17-5-2-1-3-6-17/h1-15,24,28,35H,16H2,(H,33,37)(H,34,36)/t24-,28+,30-/m0/s1. The molecule has 3 N–H and O–H groups in total. The molecule has 4 aromatic rings. The zero-order chi connectivity index (χ0) is 25.7. The summed E-state index contributed by atoms with van der Waals surface area (Å²) < 4.78 is 0. The average molecular weight is 529 g/mol. The Balaban J connectivity index is 1.63. The van der Waals surface area contributed by atoms with Gasteiger partial charge in [-0.3, -0.25) is 9.59 Å². The molecule has 1 spiro atoms. The number of rotatable bonds is 3. The Morgan fingerprint density at radius 1 is 0.811 bits per heavy atom. The fourth-order valence-electron chi connectivity index (χ4n) is 5.87. The molecule has 4 aromatic carbocycles. The Morgan fingerprint density at radius 3 is 2.38 bits per heavy atom. The summed E-state index contributed by atoms with van der Waals surface area (Å²) in [5.41, 5.74) is 3.08. The number of carbonyl (C=O) groups excluding carboxylic acids is 2. The Bertz CT molecular complexity index is 1560. The minimum Gasteiger partial charge on any atom is -0.508 e. The molecule has 0 aliphatic carbocycles. The van der Waals surface area contributed by atoms with Crippen molar-refractivity contribution >= 4 is 40.7 Å². The van der Waals surface area contributed by atoms with Crippen LogP contribution in [0.5, 0.6) is 5.75 Å². The molecule has 2 amide bonds. The highest BCUT2D eigenvalue weighted by Gasteiger charge is 2.61. The van der Waals surface area contributed by atoms with Gasteiger partial charge in [-0.1, -0.05) is 77.8 Å². The van der Waals surface area contributed by atoms with Crippen LogP contribution in [0.1, 0.15) is 35.1 Å². The molecule has 2 heterocycles. The van der Waals surface area contributed by atoms with Gasteiger partial charge < -0.3 is 15.7 Å². The number of nitrogens with one attached hydrogen (secondary N) is 2. The predicted octanol–water partition coefficient (Wildman–Crippen LogP) is 6.60. The van der Waals surface area contributed by atoms with E-state index in [4.69, 9.17) is 23.2 Å². The fourth-order valence-corrected chi connectivity index (χ4v) is 6.24. The quantitative estimate of drug-likeness (QED) is 0.280. The van der Waals surface area contributed by atoms with Gasteiger partial charge in [0.1, 0.15) is 11.2 Å². The molecule has 1 fully saturated rings. The second-order valence-corrected chi connectivity index (χ2v) is 10.3. The second kappa shape index (κ2) is 8.94. The van der Waals surface area contributed by atoms with Crippen LogP contribution in [0.25, 0.3) is 11.1 Å². The first-order valence-electron chi connectivity index (χ1n) is 11.9. The normalized spacial score (nSPS) is 22.4. The number of hydrogen-bond donors (Lipinski definition) is 3. The number of halogens is 2. The Kier molecular flexibility index (Phi) is 5.70. The van der Waals surface area contributed by atoms with E-state index in [1.165, 1.54) is 0 Å². The number of aromatic hydroxyl groups is 1. The number of phenolic OH excluding ortho intramolecular Hbond substituents is 1. The Hall–Kier alpha value is -3.80. The van der Waals surface area contributed by atoms with Crippen molar-refractivity contribution in [2.24, 2.45) is 0 Å². The third-order valence-electron chi connectivity index (χ3n) is 7.45. The zero-order valence-electron chi connectivity index (χ0n) is 19.5. The molecule has 0 radical (unpaired) electrons. The number of anilines is 1. The number of phenols is 1. The Labute approximate surface area is 224 Å². The molecule has 6 rings (SSSR count). The molecule has 2 aliphatic heterocycles. The lowest BCUT2D eigenvalue weighted by Crippen LogP contribution is -2.56. The van der Waals surface area contributed by atoms with Crippen molar-refractivity contribution in [3.05, 3.63) is 118 Å². The lowest BCUT2D eigenvalue weighted by molar-refractivity contribution is -0.131. The molecular formula is C30H22Cl2N2O3. The van der Waals surface area contributed by atoms with Gasteiger partial charge in [0, 0.05) is 33.6 Å². The number of piperidine rings is 1. The van der Waals surface area contributed by atoms with Gasteiger partial charge in [0.05, 0.1) is 6.04 Å². The summed E-state index contributed by atoms with van der Waals surface area (Å²) in [4.78, 5) is 27.3. The van der Waals surface area contributed by atoms with Crippen LogP contribution in [-0.2, 0) is 15.0 Å². The summed E-state index contributed by atoms with van der Waals surface area (Å²) in [6, 6.07) is 26.7. The van der Waals surface area contributed by atoms with Crippen molar-refractivity contribution in [3.8, 4) is 16.9 Å². The smallest absolute Gasteiger partial charge is 0.238 e. The van der Waals surface area contributed by atoms with Gasteiger partial charge in [0.25, 0.3) is 0 Å². The van der Waals surface area contributed by atoms with Crippen LogP contribution in [-0.4, -0.2) is 16.9 Å². The lowest BCUT2D eigenvalue weighted by atomic mass is 9.59. The highest BCUT2D eigenvalue weighted by molar-refractivity contribution is 6.31. The zero-order valence-corrected chi connectivity index (χ0v) is 21.1. The van der Waals surface area contributed by atoms with Crippen molar-refractivity contribution in [3.63, 3.8) is 0 Å². The number of amides is 2. The predicted molar refractivity (Wildman–Crippen MR) is 145 cm³/mol. The average Bonchev–Trinajstić information content (AvgIpc) is 3.17. The van der Waals surface area contributed by atoms with Crippen LogP contribution in [0.3, 0.4) is 0 Å². The molecule has 0 unspecified atom stereocenters. The molecule has 37 heavy (non-hydrogen) atoms. The van der Waals surface area contributed by atoms with Crippen molar-refractivity contribution in [2.75, 3.05) is 5.32 Å². The van der Waals surface area contributed by atoms with Gasteiger partial charge in [-0.05, 0) is 58.7 Å². The maximum absolute atomic E-state index is 14.1. The fraction of sp³-hybridized carbons (Fsp3) is 0.133. The van der Waals surface area contributed by atoms with Crippen LogP contribution in [0.2, 0.25) is 10.0 Å². The number of benzene rings is 4. The number of hydrogen-bond acceptors (Lipinski definition) is 3. The maximum Gasteiger partial charge on any atom is 0.238 e. The SMILES string of the molecule is O=C1C[C@@H](c2cccc(Cl)c2)[C@]2(C(=O)Nc3cc(Cl)ccc32)[C@@H](c2cc(-c3ccccc3)ccc2O)N1. The minimum atomic E-state index is -1.26. The molecule has 0 aromatic heterocycles. The Morgan fingerprint density at radius 2 is 1.59 bits per heavy atom. The monoisotopic (exact) mass is 528 g/mol. The summed E-state index contributed by atoms with van der Waals surface area (Å²) in [7, 11) is 0. The summed E-state index contributed by atoms with van der Waals surface area (Å²) in [5.74, 6) is -1.05. The molecular weight excluding hydrogens is 507 g/mol. The van der Waals surface area contributed by atoms with E-state index >= 15 is 0 Å². The number of carbonyl (C=O) groups is 2. The van der Waals surface area contributed by atoms with E-state index in [1.54, 1.807) is 30.3 Å². The van der Waals surface area contributed by atoms with Crippen molar-refractivity contribution < 1.29 is 14.7 Å². The van der Waals surface area contributed by atoms with Gasteiger partial charge in [-0.2, -0.15) is 0 Å². The van der Waals surface area contributed by atoms with E-state index < -0.39 is 17.4 Å². The van der Waals surface area contributed by atoms with E-state index in [0.29, 0.717) is 26.9 Å². The van der Waals surface area contributed by atoms with Crippen molar-refractivity contribution in [2.45, 2.75) is 23.8 Å². The van der Waals surface area contributed by atoms with Crippen molar-refractivity contribution in [1.82, 2.24) is 5.32 Å². The van der Waals surface area contributed by atoms with Crippen LogP contribution >= 0.6 is 23.2 Å². The first-order chi connectivity index (χ1) is 17.9. The van der Waals surface area contributed by atoms with Crippen LogP contribution in [0.4, 0.5) is 5.69 Å². The molecule has 2 aliphatic rings. The first-order valence-corrected chi connectivity index (χ1v) is 12.7. The summed E-state index contributed by atoms with van der Waals surface area (Å²) in [6.45, 7) is 0. The van der Waals surface area contributed by atoms with Gasteiger partial charge in [0.2, 0.25) is 11.8 Å². The van der Waals surface area contributed by atoms with Crippen LogP contribution in [0.15, 0.2) is 91.0 Å². The molecule has 1 saturated heterocycles. The van der Waals surface area contributed by atoms with Gasteiger partial charge in [-0.25, -0.2) is 0 Å². The van der Waals surface area contributed by atoms with E-state index in [9.17, 15) is 14.7 Å². The van der Waals surface area contributed by atoms with E-state index in [0.717, 1.165) is 16.7 Å². The van der Waals surface area contributed by atoms with Crippen LogP contribution in [0, 0.1) is 0 Å². The highest BCUT2D eigenvalue weighted by atomic mass is 35.5. The largest absolute Gasteiger partial charge is 0.508 e. The minimum absolute atomic E-state index is 0.00804. The van der Waals surface area contributed by atoms with E-state index in [-0.39, 0.29) is 24.0 Å². The molecule has 3 atom stereocenters. The van der Waals surface area contributed by atoms with E-state index in [2.05, 4.69) is 10.6 Å². The molecule has 0 bridgehead atoms.